The summed E-state index contributed by atoms with van der Waals surface area (Å²) in [4.78, 5) is 13.2. The van der Waals surface area contributed by atoms with Crippen molar-refractivity contribution in [3.05, 3.63) is 0 Å². The van der Waals surface area contributed by atoms with E-state index in [4.69, 9.17) is 16.0 Å². The maximum atomic E-state index is 10.4. The first-order valence-corrected chi connectivity index (χ1v) is 4.58. The van der Waals surface area contributed by atoms with E-state index in [0.717, 1.165) is 6.42 Å². The normalized spacial score (nSPS) is 11.6. The van der Waals surface area contributed by atoms with Gasteiger partial charge in [0.05, 0.1) is 16.4 Å². The van der Waals surface area contributed by atoms with E-state index in [0.29, 0.717) is 23.4 Å². The fraction of sp³-hybridized carbons (Fsp3) is 0.800. The number of hydrogen-bond donors (Lipinski definition) is 5. The van der Waals surface area contributed by atoms with Gasteiger partial charge in [-0.25, -0.2) is 5.90 Å². The van der Waals surface area contributed by atoms with Gasteiger partial charge >= 0.3 is 5.97 Å². The number of carbonyl (C=O) groups is 1. The molecule has 6 nitrogen and oxygen atoms in total. The quantitative estimate of drug-likeness (QED) is 0.242. The van der Waals surface area contributed by atoms with Gasteiger partial charge in [0.1, 0.15) is 0 Å². The van der Waals surface area contributed by atoms with Crippen LogP contribution in [0.4, 0.5) is 0 Å². The van der Waals surface area contributed by atoms with Crippen LogP contribution in [0.5, 0.6) is 0 Å². The molecule has 0 unspecified atom stereocenters. The zero-order valence-electron chi connectivity index (χ0n) is 7.16. The van der Waals surface area contributed by atoms with Gasteiger partial charge in [0.2, 0.25) is 0 Å². The molecule has 0 aromatic carbocycles. The van der Waals surface area contributed by atoms with Crippen molar-refractivity contribution in [1.82, 2.24) is 4.98 Å². The Kier molecular flexibility index (Phi) is 12.3. The Labute approximate surface area is 74.4 Å². The molecule has 0 fully saturated rings. The van der Waals surface area contributed by atoms with Gasteiger partial charge in [0, 0.05) is 0 Å². The van der Waals surface area contributed by atoms with Crippen molar-refractivity contribution in [3.63, 3.8) is 0 Å². The summed E-state index contributed by atoms with van der Waals surface area (Å²) in [7, 11) is 0.715. The first kappa shape index (κ1) is 14.1. The lowest BCUT2D eigenvalue weighted by Crippen LogP contribution is -2.35. The van der Waals surface area contributed by atoms with E-state index in [1.54, 1.807) is 0 Å². The van der Waals surface area contributed by atoms with Crippen molar-refractivity contribution in [2.45, 2.75) is 18.9 Å². The fourth-order valence-electron chi connectivity index (χ4n) is 0.713. The maximum absolute atomic E-state index is 10.4. The second kappa shape index (κ2) is 10.5. The standard InChI is InChI=1S/C5H14N2O2Si.H3NO/c6-3-1-2-4(7-10)5(8)9;1-2/h4,7H,1-3,6H2,10H3,(H,8,9);2H,1H2/t4-;/m0./s1. The van der Waals surface area contributed by atoms with Crippen LogP contribution in [-0.2, 0) is 4.79 Å². The lowest BCUT2D eigenvalue weighted by atomic mass is 10.2. The van der Waals surface area contributed by atoms with Crippen LogP contribution in [0.3, 0.4) is 0 Å². The number of nitrogens with two attached hydrogens (primary N) is 2. The van der Waals surface area contributed by atoms with Crippen LogP contribution in [0.1, 0.15) is 12.8 Å². The van der Waals surface area contributed by atoms with Crippen LogP contribution in [0, 0.1) is 0 Å². The van der Waals surface area contributed by atoms with E-state index >= 15 is 0 Å². The smallest absolute Gasteiger partial charge is 0.320 e. The molecule has 0 rings (SSSR count). The van der Waals surface area contributed by atoms with Gasteiger partial charge in [-0.3, -0.25) is 4.79 Å². The van der Waals surface area contributed by atoms with Crippen LogP contribution >= 0.6 is 0 Å². The number of aliphatic carboxylic acids is 1. The zero-order chi connectivity index (χ0) is 9.98. The molecule has 0 aliphatic rings. The Morgan fingerprint density at radius 3 is 2.33 bits per heavy atom. The fourth-order valence-corrected chi connectivity index (χ4v) is 1.25. The summed E-state index contributed by atoms with van der Waals surface area (Å²) in [6, 6.07) is -0.379. The highest BCUT2D eigenvalue weighted by molar-refractivity contribution is 6.06. The topological polar surface area (TPSA) is 122 Å². The molecule has 0 aliphatic heterocycles. The minimum atomic E-state index is -0.775. The molecular formula is C5H17N3O3Si. The second-order valence-electron chi connectivity index (χ2n) is 2.11. The summed E-state index contributed by atoms with van der Waals surface area (Å²) < 4.78 is 0. The van der Waals surface area contributed by atoms with Crippen molar-refractivity contribution in [2.24, 2.45) is 11.6 Å². The summed E-state index contributed by atoms with van der Waals surface area (Å²) in [6.45, 7) is 0.563. The molecule has 0 saturated carbocycles. The lowest BCUT2D eigenvalue weighted by Gasteiger charge is -2.08. The first-order valence-electron chi connectivity index (χ1n) is 3.58. The van der Waals surface area contributed by atoms with Crippen LogP contribution in [0.25, 0.3) is 0 Å². The van der Waals surface area contributed by atoms with Crippen molar-refractivity contribution < 1.29 is 15.1 Å². The highest BCUT2D eigenvalue weighted by Crippen LogP contribution is 1.94. The molecule has 0 aromatic rings. The third kappa shape index (κ3) is 7.63. The highest BCUT2D eigenvalue weighted by Gasteiger charge is 2.12. The van der Waals surface area contributed by atoms with Gasteiger partial charge in [-0.15, -0.1) is 0 Å². The lowest BCUT2D eigenvalue weighted by molar-refractivity contribution is -0.139. The molecule has 7 N–H and O–H groups in total. The Bertz CT molecular complexity index is 114. The van der Waals surface area contributed by atoms with E-state index in [-0.39, 0.29) is 6.04 Å². The zero-order valence-corrected chi connectivity index (χ0v) is 9.16. The second-order valence-corrected chi connectivity index (χ2v) is 2.69. The Balaban J connectivity index is 0. The summed E-state index contributed by atoms with van der Waals surface area (Å²) in [5.74, 6) is 2.73. The molecule has 0 aromatic heterocycles. The maximum Gasteiger partial charge on any atom is 0.320 e. The Morgan fingerprint density at radius 1 is 1.58 bits per heavy atom. The molecule has 0 saturated heterocycles. The van der Waals surface area contributed by atoms with Crippen LogP contribution < -0.4 is 16.6 Å². The van der Waals surface area contributed by atoms with Gasteiger partial charge < -0.3 is 21.0 Å². The number of carboxylic acids is 1. The predicted octanol–water partition coefficient (Wildman–Crippen LogP) is -2.62. The average Bonchev–Trinajstić information content (AvgIpc) is 2.09. The summed E-state index contributed by atoms with van der Waals surface area (Å²) in [5.41, 5.74) is 5.22. The molecule has 7 heteroatoms. The SMILES string of the molecule is NCCC[C@H](N[SiH3])C(=O)O.NO. The summed E-state index contributed by atoms with van der Waals surface area (Å²) >= 11 is 0. The molecule has 0 aliphatic carbocycles. The third-order valence-electron chi connectivity index (χ3n) is 1.34. The Hall–Kier alpha value is -0.473. The molecule has 12 heavy (non-hydrogen) atoms. The molecule has 74 valence electrons. The van der Waals surface area contributed by atoms with E-state index in [2.05, 4.69) is 10.9 Å². The van der Waals surface area contributed by atoms with Gasteiger partial charge in [0.25, 0.3) is 0 Å². The number of hydrogen-bond acceptors (Lipinski definition) is 5. The molecule has 0 bridgehead atoms. The van der Waals surface area contributed by atoms with Crippen LogP contribution in [0.2, 0.25) is 0 Å². The minimum Gasteiger partial charge on any atom is -0.480 e. The largest absolute Gasteiger partial charge is 0.480 e. The summed E-state index contributed by atoms with van der Waals surface area (Å²) in [6.07, 6.45) is 1.40. The first-order chi connectivity index (χ1) is 5.72. The van der Waals surface area contributed by atoms with Crippen molar-refractivity contribution >= 4 is 16.4 Å². The van der Waals surface area contributed by atoms with E-state index in [1.807, 2.05) is 0 Å². The van der Waals surface area contributed by atoms with E-state index in [9.17, 15) is 4.79 Å². The van der Waals surface area contributed by atoms with Crippen LogP contribution in [-0.4, -0.2) is 39.3 Å². The third-order valence-corrected chi connectivity index (χ3v) is 2.04. The molecule has 0 spiro atoms. The average molecular weight is 195 g/mol. The molecule has 0 heterocycles. The molecule has 1 atom stereocenters. The van der Waals surface area contributed by atoms with Crippen molar-refractivity contribution in [2.75, 3.05) is 6.54 Å². The van der Waals surface area contributed by atoms with E-state index in [1.165, 1.54) is 0 Å². The molecule has 0 amide bonds. The van der Waals surface area contributed by atoms with Gasteiger partial charge in [-0.2, -0.15) is 0 Å². The van der Waals surface area contributed by atoms with Gasteiger partial charge in [-0.05, 0) is 19.4 Å². The Morgan fingerprint density at radius 2 is 2.08 bits per heavy atom. The number of rotatable bonds is 5. The van der Waals surface area contributed by atoms with Crippen molar-refractivity contribution in [1.29, 1.82) is 0 Å². The van der Waals surface area contributed by atoms with E-state index < -0.39 is 5.97 Å². The predicted molar refractivity (Wildman–Crippen MR) is 48.8 cm³/mol. The minimum absolute atomic E-state index is 0.379. The molecule has 0 radical (unpaired) electrons. The molecular weight excluding hydrogens is 178 g/mol. The van der Waals surface area contributed by atoms with Crippen LogP contribution in [0.15, 0.2) is 0 Å². The van der Waals surface area contributed by atoms with Crippen molar-refractivity contribution in [3.8, 4) is 0 Å². The van der Waals surface area contributed by atoms with Gasteiger partial charge in [-0.1, -0.05) is 0 Å². The monoisotopic (exact) mass is 195 g/mol. The highest BCUT2D eigenvalue weighted by atomic mass is 28.2. The number of nitrogens with one attached hydrogen (secondary N) is 1. The summed E-state index contributed by atoms with van der Waals surface area (Å²) in [5, 5.41) is 15.0. The number of carboxylic acid groups (broad SMARTS) is 1. The van der Waals surface area contributed by atoms with Gasteiger partial charge in [0.15, 0.2) is 0 Å².